The molecule has 3 aliphatic heterocycles. The molecule has 10 rings (SSSR count). The maximum atomic E-state index is 5.24. The lowest BCUT2D eigenvalue weighted by Gasteiger charge is -2.33. The molecular weight excluding hydrogens is 609 g/mol. The van der Waals surface area contributed by atoms with Crippen LogP contribution in [0, 0.1) is 0 Å². The van der Waals surface area contributed by atoms with Crippen molar-refractivity contribution in [3.63, 3.8) is 0 Å². The number of amidine groups is 1. The van der Waals surface area contributed by atoms with Gasteiger partial charge in [0.15, 0.2) is 0 Å². The summed E-state index contributed by atoms with van der Waals surface area (Å²) < 4.78 is 0. The second-order valence-corrected chi connectivity index (χ2v) is 13.7. The highest BCUT2D eigenvalue weighted by Gasteiger charge is 2.40. The van der Waals surface area contributed by atoms with E-state index in [2.05, 4.69) is 192 Å². The van der Waals surface area contributed by atoms with E-state index in [0.29, 0.717) is 0 Å². The van der Waals surface area contributed by atoms with E-state index in [1.165, 1.54) is 44.8 Å². The largest absolute Gasteiger partial charge is 0.359 e. The van der Waals surface area contributed by atoms with Crippen LogP contribution in [-0.2, 0) is 0 Å². The van der Waals surface area contributed by atoms with E-state index >= 15 is 0 Å². The van der Waals surface area contributed by atoms with Gasteiger partial charge in [-0.15, -0.1) is 0 Å². The minimum atomic E-state index is 0.00851. The molecular formula is C46H36N4. The molecule has 1 N–H and O–H groups in total. The van der Waals surface area contributed by atoms with Gasteiger partial charge >= 0.3 is 0 Å². The van der Waals surface area contributed by atoms with Crippen LogP contribution < -0.4 is 15.1 Å². The molecule has 1 aliphatic carbocycles. The highest BCUT2D eigenvalue weighted by Crippen LogP contribution is 2.51. The number of nitrogens with one attached hydrogen (secondary N) is 1. The van der Waals surface area contributed by atoms with Crippen LogP contribution in [-0.4, -0.2) is 11.9 Å². The first-order chi connectivity index (χ1) is 24.7. The molecule has 3 heterocycles. The smallest absolute Gasteiger partial charge is 0.143 e. The number of hydrogen-bond acceptors (Lipinski definition) is 4. The molecule has 4 aliphatic rings. The fourth-order valence-corrected chi connectivity index (χ4v) is 8.48. The van der Waals surface area contributed by atoms with Crippen LogP contribution in [0.3, 0.4) is 0 Å². The van der Waals surface area contributed by atoms with E-state index in [1.54, 1.807) is 0 Å². The molecule has 0 amide bonds. The third kappa shape index (κ3) is 4.56. The van der Waals surface area contributed by atoms with Gasteiger partial charge in [0.25, 0.3) is 0 Å². The Labute approximate surface area is 293 Å². The van der Waals surface area contributed by atoms with Crippen molar-refractivity contribution in [1.29, 1.82) is 0 Å². The first-order valence-electron chi connectivity index (χ1n) is 17.5. The lowest BCUT2D eigenvalue weighted by Crippen LogP contribution is -2.37. The van der Waals surface area contributed by atoms with Crippen LogP contribution in [0.2, 0.25) is 0 Å². The minimum absolute atomic E-state index is 0.00851. The van der Waals surface area contributed by atoms with Crippen LogP contribution in [0.5, 0.6) is 0 Å². The number of hydrogen-bond donors (Lipinski definition) is 1. The minimum Gasteiger partial charge on any atom is -0.359 e. The van der Waals surface area contributed by atoms with Gasteiger partial charge in [-0.05, 0) is 77.7 Å². The summed E-state index contributed by atoms with van der Waals surface area (Å²) in [5.41, 5.74) is 14.7. The standard InChI is InChI=1S/C46H36N4/c1-30-20-26-41-37(28-30)38-29-34(44(31-12-4-2-5-13-31)32-14-6-3-7-15-32)23-27-42(38)49(41)35-24-21-33(22-25-35)45-47-39-17-9-8-16-36(39)46-48-40-18-10-11-19-43(40)50(45)46/h2-29,37,41,44,46,48H,1H3. The van der Waals surface area contributed by atoms with Gasteiger partial charge in [0.05, 0.1) is 23.1 Å². The van der Waals surface area contributed by atoms with Crippen molar-refractivity contribution in [1.82, 2.24) is 0 Å². The third-order valence-electron chi connectivity index (χ3n) is 10.7. The van der Waals surface area contributed by atoms with Crippen LogP contribution in [0.1, 0.15) is 58.3 Å². The van der Waals surface area contributed by atoms with Crippen LogP contribution >= 0.6 is 0 Å². The molecule has 0 spiro atoms. The predicted octanol–water partition coefficient (Wildman–Crippen LogP) is 11.0. The zero-order valence-corrected chi connectivity index (χ0v) is 27.8. The number of anilines is 4. The molecule has 3 unspecified atom stereocenters. The van der Waals surface area contributed by atoms with E-state index in [4.69, 9.17) is 4.99 Å². The van der Waals surface area contributed by atoms with Gasteiger partial charge in [-0.3, -0.25) is 4.90 Å². The third-order valence-corrected chi connectivity index (χ3v) is 10.7. The average Bonchev–Trinajstić information content (AvgIpc) is 3.72. The molecule has 50 heavy (non-hydrogen) atoms. The number of benzene rings is 6. The van der Waals surface area contributed by atoms with Gasteiger partial charge < -0.3 is 10.2 Å². The zero-order chi connectivity index (χ0) is 33.2. The van der Waals surface area contributed by atoms with E-state index in [0.717, 1.165) is 28.5 Å². The molecule has 240 valence electrons. The number of para-hydroxylation sites is 3. The maximum absolute atomic E-state index is 5.24. The molecule has 3 atom stereocenters. The van der Waals surface area contributed by atoms with E-state index in [9.17, 15) is 0 Å². The summed E-state index contributed by atoms with van der Waals surface area (Å²) in [5.74, 6) is 1.40. The van der Waals surface area contributed by atoms with Crippen LogP contribution in [0.15, 0.2) is 180 Å². The lowest BCUT2D eigenvalue weighted by atomic mass is 9.82. The lowest BCUT2D eigenvalue weighted by molar-refractivity contribution is 0.738. The van der Waals surface area contributed by atoms with E-state index in [1.807, 2.05) is 0 Å². The molecule has 4 heteroatoms. The molecule has 0 aromatic heterocycles. The fourth-order valence-electron chi connectivity index (χ4n) is 8.48. The second kappa shape index (κ2) is 11.5. The van der Waals surface area contributed by atoms with Crippen LogP contribution in [0.4, 0.5) is 28.4 Å². The van der Waals surface area contributed by atoms with Crippen molar-refractivity contribution in [3.8, 4) is 0 Å². The average molecular weight is 645 g/mol. The molecule has 4 nitrogen and oxygen atoms in total. The van der Waals surface area contributed by atoms with Gasteiger partial charge in [0.2, 0.25) is 0 Å². The van der Waals surface area contributed by atoms with Gasteiger partial charge in [-0.2, -0.15) is 0 Å². The van der Waals surface area contributed by atoms with Crippen molar-refractivity contribution in [2.75, 3.05) is 15.1 Å². The SMILES string of the molecule is CC1=CC2c3cc(C(c4ccccc4)c4ccccc4)ccc3N(c3ccc(C4=Nc5ccccc5C5Nc6ccccc6N45)cc3)C2C=C1. The van der Waals surface area contributed by atoms with Gasteiger partial charge in [0, 0.05) is 34.3 Å². The summed E-state index contributed by atoms with van der Waals surface area (Å²) in [5, 5.41) is 3.75. The number of fused-ring (bicyclic) bond motifs is 8. The normalized spacial score (nSPS) is 19.5. The highest BCUT2D eigenvalue weighted by molar-refractivity contribution is 6.15. The predicted molar refractivity (Wildman–Crippen MR) is 206 cm³/mol. The molecule has 0 bridgehead atoms. The van der Waals surface area contributed by atoms with E-state index < -0.39 is 0 Å². The number of nitrogens with zero attached hydrogens (tertiary/aromatic N) is 3. The van der Waals surface area contributed by atoms with Crippen molar-refractivity contribution in [2.24, 2.45) is 4.99 Å². The Morgan fingerprint density at radius 2 is 1.32 bits per heavy atom. The monoisotopic (exact) mass is 644 g/mol. The van der Waals surface area contributed by atoms with Crippen molar-refractivity contribution in [2.45, 2.75) is 31.0 Å². The summed E-state index contributed by atoms with van der Waals surface area (Å²) in [4.78, 5) is 10.1. The zero-order valence-electron chi connectivity index (χ0n) is 27.8. The highest BCUT2D eigenvalue weighted by atomic mass is 15.4. The fraction of sp³-hybridized carbons (Fsp3) is 0.109. The summed E-state index contributed by atoms with van der Waals surface area (Å²) in [6.07, 6.45) is 7.12. The van der Waals surface area contributed by atoms with Gasteiger partial charge in [-0.1, -0.05) is 127 Å². The van der Waals surface area contributed by atoms with Crippen molar-refractivity contribution in [3.05, 3.63) is 209 Å². The molecule has 0 radical (unpaired) electrons. The van der Waals surface area contributed by atoms with Crippen molar-refractivity contribution >= 4 is 34.3 Å². The number of aliphatic imine (C=N–C) groups is 1. The maximum Gasteiger partial charge on any atom is 0.143 e. The number of allylic oxidation sites excluding steroid dienone is 2. The Morgan fingerprint density at radius 3 is 2.10 bits per heavy atom. The molecule has 0 fully saturated rings. The Kier molecular flexibility index (Phi) is 6.63. The van der Waals surface area contributed by atoms with Crippen molar-refractivity contribution < 1.29 is 0 Å². The van der Waals surface area contributed by atoms with E-state index in [-0.39, 0.29) is 24.0 Å². The first-order valence-corrected chi connectivity index (χ1v) is 17.5. The second-order valence-electron chi connectivity index (χ2n) is 13.7. The Bertz CT molecular complexity index is 2300. The Morgan fingerprint density at radius 1 is 0.620 bits per heavy atom. The number of rotatable bonds is 5. The molecule has 0 saturated heterocycles. The summed E-state index contributed by atoms with van der Waals surface area (Å²) in [7, 11) is 0. The molecule has 0 saturated carbocycles. The van der Waals surface area contributed by atoms with Gasteiger partial charge in [-0.25, -0.2) is 4.99 Å². The first kappa shape index (κ1) is 28.8. The van der Waals surface area contributed by atoms with Crippen LogP contribution in [0.25, 0.3) is 0 Å². The topological polar surface area (TPSA) is 30.9 Å². The summed E-state index contributed by atoms with van der Waals surface area (Å²) in [6.45, 7) is 2.21. The Balaban J connectivity index is 1.05. The summed E-state index contributed by atoms with van der Waals surface area (Å²) >= 11 is 0. The molecule has 6 aromatic carbocycles. The quantitative estimate of drug-likeness (QED) is 0.190. The Hall–Kier alpha value is -6.13. The van der Waals surface area contributed by atoms with Gasteiger partial charge in [0.1, 0.15) is 12.0 Å². The molecule has 6 aromatic rings. The summed E-state index contributed by atoms with van der Waals surface area (Å²) in [6, 6.07) is 55.2.